The van der Waals surface area contributed by atoms with Gasteiger partial charge in [-0.25, -0.2) is 9.97 Å². The Labute approximate surface area is 165 Å². The van der Waals surface area contributed by atoms with Crippen LogP contribution in [0.1, 0.15) is 33.0 Å². The van der Waals surface area contributed by atoms with Crippen LogP contribution >= 0.6 is 0 Å². The van der Waals surface area contributed by atoms with Gasteiger partial charge in [0.2, 0.25) is 0 Å². The number of carbonyl (C=O) groups excluding carboxylic acids is 1. The molecule has 1 heterocycles. The van der Waals surface area contributed by atoms with Crippen LogP contribution in [0.15, 0.2) is 54.6 Å². The van der Waals surface area contributed by atoms with Gasteiger partial charge in [-0.05, 0) is 42.7 Å². The molecule has 0 bridgehead atoms. The Morgan fingerprint density at radius 3 is 2.46 bits per heavy atom. The van der Waals surface area contributed by atoms with E-state index in [1.165, 1.54) is 0 Å². The van der Waals surface area contributed by atoms with Crippen molar-refractivity contribution in [3.63, 3.8) is 0 Å². The Bertz CT molecular complexity index is 955. The van der Waals surface area contributed by atoms with Gasteiger partial charge in [-0.15, -0.1) is 0 Å². The number of ether oxygens (including phenoxy) is 1. The van der Waals surface area contributed by atoms with E-state index in [0.29, 0.717) is 30.4 Å². The maximum absolute atomic E-state index is 12.5. The number of rotatable bonds is 7. The molecule has 28 heavy (non-hydrogen) atoms. The summed E-state index contributed by atoms with van der Waals surface area (Å²) in [6.45, 7) is 4.85. The molecular formula is C22H24N4O2. The van der Waals surface area contributed by atoms with E-state index in [0.717, 1.165) is 22.4 Å². The second kappa shape index (κ2) is 8.99. The predicted molar refractivity (Wildman–Crippen MR) is 109 cm³/mol. The third-order valence-electron chi connectivity index (χ3n) is 4.40. The van der Waals surface area contributed by atoms with Gasteiger partial charge in [0, 0.05) is 19.2 Å². The molecule has 1 aromatic heterocycles. The minimum absolute atomic E-state index is 0.221. The van der Waals surface area contributed by atoms with Gasteiger partial charge in [0.25, 0.3) is 5.91 Å². The van der Waals surface area contributed by atoms with Crippen molar-refractivity contribution in [3.05, 3.63) is 82.8 Å². The smallest absolute Gasteiger partial charge is 0.270 e. The molecule has 0 atom stereocenters. The molecule has 0 fully saturated rings. The Morgan fingerprint density at radius 2 is 1.75 bits per heavy atom. The zero-order chi connectivity index (χ0) is 19.9. The second-order valence-corrected chi connectivity index (χ2v) is 6.50. The third kappa shape index (κ3) is 5.07. The van der Waals surface area contributed by atoms with Crippen LogP contribution in [0.3, 0.4) is 0 Å². The quantitative estimate of drug-likeness (QED) is 0.658. The summed E-state index contributed by atoms with van der Waals surface area (Å²) < 4.78 is 5.17. The van der Waals surface area contributed by atoms with Crippen molar-refractivity contribution in [2.45, 2.75) is 26.9 Å². The van der Waals surface area contributed by atoms with Crippen molar-refractivity contribution in [2.24, 2.45) is 0 Å². The average molecular weight is 376 g/mol. The van der Waals surface area contributed by atoms with Gasteiger partial charge in [0.15, 0.2) is 0 Å². The normalized spacial score (nSPS) is 10.4. The molecule has 0 aliphatic heterocycles. The van der Waals surface area contributed by atoms with Crippen molar-refractivity contribution < 1.29 is 9.53 Å². The molecule has 0 saturated heterocycles. The summed E-state index contributed by atoms with van der Waals surface area (Å²) in [5, 5.41) is 6.17. The highest BCUT2D eigenvalue weighted by Gasteiger charge is 2.11. The Kier molecular flexibility index (Phi) is 6.22. The molecule has 0 aliphatic rings. The highest BCUT2D eigenvalue weighted by Crippen LogP contribution is 2.14. The van der Waals surface area contributed by atoms with Crippen LogP contribution in [-0.2, 0) is 13.1 Å². The minimum Gasteiger partial charge on any atom is -0.497 e. The van der Waals surface area contributed by atoms with Crippen molar-refractivity contribution >= 4 is 11.7 Å². The van der Waals surface area contributed by atoms with Crippen molar-refractivity contribution in [1.82, 2.24) is 15.3 Å². The van der Waals surface area contributed by atoms with E-state index in [1.807, 2.05) is 55.5 Å². The maximum Gasteiger partial charge on any atom is 0.270 e. The molecule has 0 aliphatic carbocycles. The predicted octanol–water partition coefficient (Wildman–Crippen LogP) is 3.64. The first-order valence-electron chi connectivity index (χ1n) is 9.10. The number of anilines is 1. The van der Waals surface area contributed by atoms with Crippen LogP contribution in [0, 0.1) is 13.8 Å². The van der Waals surface area contributed by atoms with E-state index in [2.05, 4.69) is 20.6 Å². The first kappa shape index (κ1) is 19.4. The number of nitrogens with zero attached hydrogens (tertiary/aromatic N) is 2. The molecule has 2 N–H and O–H groups in total. The molecule has 6 nitrogen and oxygen atoms in total. The fourth-order valence-corrected chi connectivity index (χ4v) is 2.79. The van der Waals surface area contributed by atoms with Gasteiger partial charge in [0.05, 0.1) is 7.11 Å². The average Bonchev–Trinajstić information content (AvgIpc) is 2.71. The highest BCUT2D eigenvalue weighted by atomic mass is 16.5. The summed E-state index contributed by atoms with van der Waals surface area (Å²) >= 11 is 0. The van der Waals surface area contributed by atoms with Gasteiger partial charge in [-0.1, -0.05) is 36.4 Å². The lowest BCUT2D eigenvalue weighted by molar-refractivity contribution is 0.0945. The lowest BCUT2D eigenvalue weighted by Gasteiger charge is -2.10. The molecule has 144 valence electrons. The highest BCUT2D eigenvalue weighted by molar-refractivity contribution is 5.92. The fourth-order valence-electron chi connectivity index (χ4n) is 2.79. The van der Waals surface area contributed by atoms with Crippen molar-refractivity contribution in [1.29, 1.82) is 0 Å². The van der Waals surface area contributed by atoms with Crippen LogP contribution < -0.4 is 15.4 Å². The number of benzene rings is 2. The van der Waals surface area contributed by atoms with Crippen LogP contribution in [0.25, 0.3) is 0 Å². The molecular weight excluding hydrogens is 352 g/mol. The van der Waals surface area contributed by atoms with Gasteiger partial charge in [0.1, 0.15) is 23.1 Å². The molecule has 1 amide bonds. The van der Waals surface area contributed by atoms with Crippen LogP contribution in [0.2, 0.25) is 0 Å². The Morgan fingerprint density at radius 1 is 1.00 bits per heavy atom. The lowest BCUT2D eigenvalue weighted by atomic mass is 10.1. The standard InChI is InChI=1S/C22H24N4O2/c1-15-6-4-5-7-18(15)14-24-22(27)20-12-21(26-16(2)25-20)23-13-17-8-10-19(28-3)11-9-17/h4-12H,13-14H2,1-3H3,(H,24,27)(H,23,25,26). The maximum atomic E-state index is 12.5. The number of amides is 1. The molecule has 3 rings (SSSR count). The zero-order valence-corrected chi connectivity index (χ0v) is 16.3. The molecule has 2 aromatic carbocycles. The van der Waals surface area contributed by atoms with Crippen LogP contribution in [0.4, 0.5) is 5.82 Å². The van der Waals surface area contributed by atoms with E-state index in [-0.39, 0.29) is 5.91 Å². The molecule has 3 aromatic rings. The van der Waals surface area contributed by atoms with Gasteiger partial charge in [-0.2, -0.15) is 0 Å². The second-order valence-electron chi connectivity index (χ2n) is 6.50. The lowest BCUT2D eigenvalue weighted by Crippen LogP contribution is -2.25. The number of hydrogen-bond donors (Lipinski definition) is 2. The van der Waals surface area contributed by atoms with E-state index < -0.39 is 0 Å². The first-order valence-corrected chi connectivity index (χ1v) is 9.10. The number of hydrogen-bond acceptors (Lipinski definition) is 5. The molecule has 0 radical (unpaired) electrons. The van der Waals surface area contributed by atoms with Crippen LogP contribution in [-0.4, -0.2) is 23.0 Å². The SMILES string of the molecule is COc1ccc(CNc2cc(C(=O)NCc3ccccc3C)nc(C)n2)cc1. The number of carbonyl (C=O) groups is 1. The Hall–Kier alpha value is -3.41. The fraction of sp³-hybridized carbons (Fsp3) is 0.227. The zero-order valence-electron chi connectivity index (χ0n) is 16.3. The van der Waals surface area contributed by atoms with Gasteiger partial charge < -0.3 is 15.4 Å². The molecule has 0 spiro atoms. The van der Waals surface area contributed by atoms with Crippen LogP contribution in [0.5, 0.6) is 5.75 Å². The number of aryl methyl sites for hydroxylation is 2. The summed E-state index contributed by atoms with van der Waals surface area (Å²) in [6.07, 6.45) is 0. The first-order chi connectivity index (χ1) is 13.5. The number of nitrogens with one attached hydrogen (secondary N) is 2. The molecule has 6 heteroatoms. The monoisotopic (exact) mass is 376 g/mol. The van der Waals surface area contributed by atoms with Crippen molar-refractivity contribution in [3.8, 4) is 5.75 Å². The summed E-state index contributed by atoms with van der Waals surface area (Å²) in [6, 6.07) is 17.4. The summed E-state index contributed by atoms with van der Waals surface area (Å²) in [5.41, 5.74) is 3.66. The van der Waals surface area contributed by atoms with E-state index in [4.69, 9.17) is 4.74 Å². The summed E-state index contributed by atoms with van der Waals surface area (Å²) in [7, 11) is 1.64. The third-order valence-corrected chi connectivity index (χ3v) is 4.40. The number of methoxy groups -OCH3 is 1. The topological polar surface area (TPSA) is 76.1 Å². The summed E-state index contributed by atoms with van der Waals surface area (Å²) in [5.74, 6) is 1.75. The van der Waals surface area contributed by atoms with Gasteiger partial charge in [-0.3, -0.25) is 4.79 Å². The van der Waals surface area contributed by atoms with Crippen molar-refractivity contribution in [2.75, 3.05) is 12.4 Å². The van der Waals surface area contributed by atoms with E-state index >= 15 is 0 Å². The molecule has 0 unspecified atom stereocenters. The molecule has 0 saturated carbocycles. The summed E-state index contributed by atoms with van der Waals surface area (Å²) in [4.78, 5) is 21.2. The van der Waals surface area contributed by atoms with Gasteiger partial charge >= 0.3 is 0 Å². The minimum atomic E-state index is -0.221. The number of aromatic nitrogens is 2. The largest absolute Gasteiger partial charge is 0.497 e. The van der Waals surface area contributed by atoms with E-state index in [1.54, 1.807) is 20.1 Å². The van der Waals surface area contributed by atoms with E-state index in [9.17, 15) is 4.79 Å². The Balaban J connectivity index is 1.64.